The van der Waals surface area contributed by atoms with E-state index in [2.05, 4.69) is 12.2 Å². The summed E-state index contributed by atoms with van der Waals surface area (Å²) in [5, 5.41) is 3.02. The summed E-state index contributed by atoms with van der Waals surface area (Å²) in [4.78, 5) is 0. The molecule has 50 heavy (non-hydrogen) atoms. The maximum atomic E-state index is 5.68. The van der Waals surface area contributed by atoms with Crippen LogP contribution in [0.4, 0.5) is 0 Å². The van der Waals surface area contributed by atoms with Crippen molar-refractivity contribution in [2.75, 3.05) is 159 Å². The van der Waals surface area contributed by atoms with Crippen molar-refractivity contribution < 1.29 is 52.1 Å². The molecule has 0 spiro atoms. The molecule has 0 fully saturated rings. The number of hydrogen-bond acceptors (Lipinski definition) is 12. The second-order valence-electron chi connectivity index (χ2n) is 12.1. The lowest BCUT2D eigenvalue weighted by Crippen LogP contribution is -2.17. The first-order valence-electron chi connectivity index (χ1n) is 19.9. The Bertz CT molecular complexity index is 533. The highest BCUT2D eigenvalue weighted by Gasteiger charge is 1.98. The first-order chi connectivity index (χ1) is 24.9. The molecule has 0 radical (unpaired) electrons. The minimum Gasteiger partial charge on any atom is -0.379 e. The molecule has 0 aliphatic carbocycles. The average Bonchev–Trinajstić information content (AvgIpc) is 3.13. The van der Waals surface area contributed by atoms with Gasteiger partial charge in [-0.2, -0.15) is 0 Å². The van der Waals surface area contributed by atoms with Crippen LogP contribution in [0.5, 0.6) is 0 Å². The third-order valence-electron chi connectivity index (χ3n) is 7.61. The van der Waals surface area contributed by atoms with Crippen LogP contribution in [0.3, 0.4) is 0 Å². The second-order valence-corrected chi connectivity index (χ2v) is 12.1. The van der Waals surface area contributed by atoms with Crippen LogP contribution in [0.1, 0.15) is 90.4 Å². The van der Waals surface area contributed by atoms with Crippen LogP contribution in [-0.4, -0.2) is 159 Å². The molecular formula is C38H79NO11. The molecular weight excluding hydrogens is 646 g/mol. The largest absolute Gasteiger partial charge is 0.379 e. The summed E-state index contributed by atoms with van der Waals surface area (Å²) < 4.78 is 60.5. The van der Waals surface area contributed by atoms with Gasteiger partial charge >= 0.3 is 0 Å². The van der Waals surface area contributed by atoms with Gasteiger partial charge in [0.2, 0.25) is 0 Å². The Kier molecular flexibility index (Phi) is 48.1. The van der Waals surface area contributed by atoms with Crippen LogP contribution < -0.4 is 5.32 Å². The van der Waals surface area contributed by atoms with E-state index in [0.29, 0.717) is 139 Å². The topological polar surface area (TPSA) is 114 Å². The van der Waals surface area contributed by atoms with E-state index < -0.39 is 0 Å². The van der Waals surface area contributed by atoms with E-state index in [9.17, 15) is 0 Å². The van der Waals surface area contributed by atoms with E-state index in [0.717, 1.165) is 19.6 Å². The number of rotatable bonds is 47. The van der Waals surface area contributed by atoms with Gasteiger partial charge in [0.15, 0.2) is 0 Å². The summed E-state index contributed by atoms with van der Waals surface area (Å²) in [6, 6.07) is 0. The van der Waals surface area contributed by atoms with E-state index in [1.54, 1.807) is 0 Å². The predicted molar refractivity (Wildman–Crippen MR) is 199 cm³/mol. The van der Waals surface area contributed by atoms with Crippen molar-refractivity contribution in [2.24, 2.45) is 0 Å². The van der Waals surface area contributed by atoms with Crippen molar-refractivity contribution in [3.05, 3.63) is 0 Å². The van der Waals surface area contributed by atoms with Gasteiger partial charge in [-0.25, -0.2) is 0 Å². The highest BCUT2D eigenvalue weighted by molar-refractivity contribution is 4.49. The van der Waals surface area contributed by atoms with E-state index >= 15 is 0 Å². The zero-order valence-electron chi connectivity index (χ0n) is 32.4. The molecule has 0 saturated carbocycles. The maximum absolute atomic E-state index is 5.68. The first kappa shape index (κ1) is 49.5. The number of likely N-dealkylation sites (N-methyl/N-ethyl adjacent to an activating group) is 1. The monoisotopic (exact) mass is 726 g/mol. The first-order valence-corrected chi connectivity index (χ1v) is 19.9. The van der Waals surface area contributed by atoms with Crippen LogP contribution in [0.2, 0.25) is 0 Å². The third kappa shape index (κ3) is 47.5. The Morgan fingerprint density at radius 2 is 0.440 bits per heavy atom. The summed E-state index contributed by atoms with van der Waals surface area (Å²) in [6.45, 7) is 15.7. The molecule has 12 heteroatoms. The van der Waals surface area contributed by atoms with E-state index in [4.69, 9.17) is 52.1 Å². The van der Waals surface area contributed by atoms with Gasteiger partial charge in [-0.1, -0.05) is 84.0 Å². The van der Waals surface area contributed by atoms with Crippen molar-refractivity contribution in [3.63, 3.8) is 0 Å². The average molecular weight is 726 g/mol. The van der Waals surface area contributed by atoms with Crippen molar-refractivity contribution in [2.45, 2.75) is 90.4 Å². The molecule has 0 rings (SSSR count). The van der Waals surface area contributed by atoms with Crippen molar-refractivity contribution in [3.8, 4) is 0 Å². The lowest BCUT2D eigenvalue weighted by Gasteiger charge is -2.09. The van der Waals surface area contributed by atoms with Crippen LogP contribution >= 0.6 is 0 Å². The van der Waals surface area contributed by atoms with E-state index in [1.165, 1.54) is 77.0 Å². The fraction of sp³-hybridized carbons (Fsp3) is 1.00. The summed E-state index contributed by atoms with van der Waals surface area (Å²) in [5.41, 5.74) is 0. The molecule has 0 aromatic carbocycles. The third-order valence-corrected chi connectivity index (χ3v) is 7.61. The minimum absolute atomic E-state index is 0.525. The summed E-state index contributed by atoms with van der Waals surface area (Å²) >= 11 is 0. The molecule has 0 amide bonds. The molecule has 0 bridgehead atoms. The van der Waals surface area contributed by atoms with Gasteiger partial charge in [0.1, 0.15) is 0 Å². The van der Waals surface area contributed by atoms with Gasteiger partial charge < -0.3 is 57.4 Å². The molecule has 0 atom stereocenters. The fourth-order valence-electron chi connectivity index (χ4n) is 4.70. The van der Waals surface area contributed by atoms with Gasteiger partial charge in [0.25, 0.3) is 0 Å². The Morgan fingerprint density at radius 3 is 0.680 bits per heavy atom. The van der Waals surface area contributed by atoms with Gasteiger partial charge in [-0.3, -0.25) is 0 Å². The number of unbranched alkanes of at least 4 members (excludes halogenated alkanes) is 12. The zero-order valence-corrected chi connectivity index (χ0v) is 32.4. The summed E-state index contributed by atoms with van der Waals surface area (Å²) in [7, 11) is 1.90. The van der Waals surface area contributed by atoms with Gasteiger partial charge in [0.05, 0.1) is 139 Å². The van der Waals surface area contributed by atoms with Crippen molar-refractivity contribution in [1.82, 2.24) is 5.32 Å². The van der Waals surface area contributed by atoms with Crippen molar-refractivity contribution in [1.29, 1.82) is 0 Å². The SMILES string of the molecule is CCCCCCCCCCCCCCCOCCOCCOCCOCCOCCOCCOCCOCCOCCOCCOCCNC. The molecule has 0 unspecified atom stereocenters. The predicted octanol–water partition coefficient (Wildman–Crippen LogP) is 5.48. The van der Waals surface area contributed by atoms with Crippen LogP contribution in [-0.2, 0) is 52.1 Å². The van der Waals surface area contributed by atoms with Crippen LogP contribution in [0.15, 0.2) is 0 Å². The molecule has 302 valence electrons. The summed E-state index contributed by atoms with van der Waals surface area (Å²) in [5.74, 6) is 0. The smallest absolute Gasteiger partial charge is 0.0701 e. The number of hydrogen-bond donors (Lipinski definition) is 1. The van der Waals surface area contributed by atoms with Crippen molar-refractivity contribution >= 4 is 0 Å². The van der Waals surface area contributed by atoms with Gasteiger partial charge in [0, 0.05) is 13.2 Å². The normalized spacial score (nSPS) is 11.6. The Balaban J connectivity index is 3.04. The standard InChI is InChI=1S/C38H79NO11/c1-3-4-5-6-7-8-9-10-11-12-13-14-15-17-40-19-21-42-23-25-44-27-29-46-31-33-48-35-37-50-38-36-49-34-32-47-30-28-45-26-24-43-22-20-41-18-16-39-2/h39H,3-38H2,1-2H3. The zero-order chi connectivity index (χ0) is 35.9. The van der Waals surface area contributed by atoms with E-state index in [-0.39, 0.29) is 0 Å². The number of nitrogens with one attached hydrogen (secondary N) is 1. The Hall–Kier alpha value is -0.480. The molecule has 12 nitrogen and oxygen atoms in total. The Labute approximate surface area is 306 Å². The quantitative estimate of drug-likeness (QED) is 0.0802. The lowest BCUT2D eigenvalue weighted by atomic mass is 10.0. The minimum atomic E-state index is 0.525. The highest BCUT2D eigenvalue weighted by Crippen LogP contribution is 2.12. The fourth-order valence-corrected chi connectivity index (χ4v) is 4.70. The van der Waals surface area contributed by atoms with Gasteiger partial charge in [-0.05, 0) is 13.5 Å². The molecule has 0 aliphatic rings. The molecule has 0 heterocycles. The van der Waals surface area contributed by atoms with Crippen LogP contribution in [0, 0.1) is 0 Å². The molecule has 0 aliphatic heterocycles. The lowest BCUT2D eigenvalue weighted by molar-refractivity contribution is -0.0274. The highest BCUT2D eigenvalue weighted by atomic mass is 16.6. The molecule has 0 aromatic rings. The Morgan fingerprint density at radius 1 is 0.240 bits per heavy atom. The van der Waals surface area contributed by atoms with Crippen LogP contribution in [0.25, 0.3) is 0 Å². The van der Waals surface area contributed by atoms with E-state index in [1.807, 2.05) is 7.05 Å². The number of ether oxygens (including phenoxy) is 11. The van der Waals surface area contributed by atoms with Gasteiger partial charge in [-0.15, -0.1) is 0 Å². The molecule has 0 aromatic heterocycles. The maximum Gasteiger partial charge on any atom is 0.0701 e. The second kappa shape index (κ2) is 48.5. The molecule has 0 saturated heterocycles. The molecule has 1 N–H and O–H groups in total. The summed E-state index contributed by atoms with van der Waals surface area (Å²) in [6.07, 6.45) is 17.8.